The quantitative estimate of drug-likeness (QED) is 0.321. The number of para-hydroxylation sites is 1. The molecular formula is C21H12N4O4. The van der Waals surface area contributed by atoms with E-state index in [0.29, 0.717) is 22.1 Å². The van der Waals surface area contributed by atoms with Gasteiger partial charge in [-0.1, -0.05) is 30.3 Å². The monoisotopic (exact) mass is 384 g/mol. The summed E-state index contributed by atoms with van der Waals surface area (Å²) in [5.41, 5.74) is 6.87. The van der Waals surface area contributed by atoms with E-state index in [0.717, 1.165) is 0 Å². The number of nitro groups is 1. The van der Waals surface area contributed by atoms with Crippen LogP contribution >= 0.6 is 0 Å². The van der Waals surface area contributed by atoms with Crippen LogP contribution in [0.2, 0.25) is 0 Å². The molecule has 0 radical (unpaired) electrons. The van der Waals surface area contributed by atoms with Gasteiger partial charge in [-0.05, 0) is 23.8 Å². The molecule has 0 aliphatic carbocycles. The molecule has 0 bridgehead atoms. The van der Waals surface area contributed by atoms with Crippen LogP contribution in [0.25, 0.3) is 33.4 Å². The Kier molecular flexibility index (Phi) is 4.26. The van der Waals surface area contributed by atoms with Gasteiger partial charge in [0.2, 0.25) is 0 Å². The highest BCUT2D eigenvalue weighted by Gasteiger charge is 2.18. The summed E-state index contributed by atoms with van der Waals surface area (Å²) in [7, 11) is 0. The highest BCUT2D eigenvalue weighted by atomic mass is 16.6. The largest absolute Gasteiger partial charge is 0.422 e. The van der Waals surface area contributed by atoms with Crippen LogP contribution in [0.3, 0.4) is 0 Å². The smallest absolute Gasteiger partial charge is 0.345 e. The Morgan fingerprint density at radius 2 is 1.86 bits per heavy atom. The SMILES string of the molecule is N#Cc1c(-c2cccc([N+](=O)[O-])c2)cc(-c2cc3ccccc3oc2=O)nc1N. The number of nitro benzene ring substituents is 1. The molecule has 8 nitrogen and oxygen atoms in total. The lowest BCUT2D eigenvalue weighted by atomic mass is 9.98. The van der Waals surface area contributed by atoms with Crippen molar-refractivity contribution in [1.29, 1.82) is 5.26 Å². The maximum Gasteiger partial charge on any atom is 0.345 e. The fourth-order valence-corrected chi connectivity index (χ4v) is 3.08. The molecule has 2 aromatic heterocycles. The van der Waals surface area contributed by atoms with E-state index in [9.17, 15) is 20.2 Å². The molecule has 2 aromatic carbocycles. The van der Waals surface area contributed by atoms with E-state index in [1.807, 2.05) is 6.07 Å². The molecule has 29 heavy (non-hydrogen) atoms. The molecule has 0 amide bonds. The van der Waals surface area contributed by atoms with Crippen LogP contribution in [0.1, 0.15) is 5.56 Å². The van der Waals surface area contributed by atoms with Gasteiger partial charge in [0.05, 0.1) is 16.2 Å². The molecule has 0 saturated carbocycles. The number of nitrogen functional groups attached to an aromatic ring is 1. The highest BCUT2D eigenvalue weighted by molar-refractivity contribution is 5.84. The molecule has 0 fully saturated rings. The van der Waals surface area contributed by atoms with Crippen molar-refractivity contribution in [3.05, 3.63) is 86.8 Å². The van der Waals surface area contributed by atoms with Crippen LogP contribution in [0.4, 0.5) is 11.5 Å². The molecule has 2 heterocycles. The van der Waals surface area contributed by atoms with E-state index >= 15 is 0 Å². The molecule has 0 aliphatic heterocycles. The predicted molar refractivity (Wildman–Crippen MR) is 107 cm³/mol. The number of rotatable bonds is 3. The number of non-ortho nitro benzene ring substituents is 1. The van der Waals surface area contributed by atoms with Crippen molar-refractivity contribution in [3.8, 4) is 28.5 Å². The number of pyridine rings is 1. The van der Waals surface area contributed by atoms with Gasteiger partial charge in [-0.25, -0.2) is 9.78 Å². The Morgan fingerprint density at radius 1 is 1.07 bits per heavy atom. The average Bonchev–Trinajstić information content (AvgIpc) is 2.72. The first-order chi connectivity index (χ1) is 14.0. The van der Waals surface area contributed by atoms with Gasteiger partial charge in [-0.3, -0.25) is 10.1 Å². The van der Waals surface area contributed by atoms with E-state index < -0.39 is 10.5 Å². The maximum absolute atomic E-state index is 12.5. The van der Waals surface area contributed by atoms with Crippen LogP contribution in [-0.2, 0) is 0 Å². The van der Waals surface area contributed by atoms with Crippen LogP contribution in [-0.4, -0.2) is 9.91 Å². The van der Waals surface area contributed by atoms with Gasteiger partial charge in [0.15, 0.2) is 0 Å². The van der Waals surface area contributed by atoms with Gasteiger partial charge < -0.3 is 10.2 Å². The van der Waals surface area contributed by atoms with Crippen molar-refractivity contribution in [1.82, 2.24) is 4.98 Å². The summed E-state index contributed by atoms with van der Waals surface area (Å²) in [6.07, 6.45) is 0. The normalized spacial score (nSPS) is 10.6. The van der Waals surface area contributed by atoms with Crippen LogP contribution in [0, 0.1) is 21.4 Å². The molecule has 0 aliphatic rings. The second kappa shape index (κ2) is 6.90. The van der Waals surface area contributed by atoms with Gasteiger partial charge >= 0.3 is 5.63 Å². The van der Waals surface area contributed by atoms with Crippen molar-refractivity contribution in [2.24, 2.45) is 0 Å². The van der Waals surface area contributed by atoms with Gasteiger partial charge in [-0.15, -0.1) is 0 Å². The summed E-state index contributed by atoms with van der Waals surface area (Å²) in [4.78, 5) is 27.3. The number of hydrogen-bond donors (Lipinski definition) is 1. The second-order valence-electron chi connectivity index (χ2n) is 6.22. The summed E-state index contributed by atoms with van der Waals surface area (Å²) in [5.74, 6) is -0.0842. The fraction of sp³-hybridized carbons (Fsp3) is 0. The first-order valence-corrected chi connectivity index (χ1v) is 8.46. The molecule has 4 rings (SSSR count). The lowest BCUT2D eigenvalue weighted by Gasteiger charge is -2.10. The summed E-state index contributed by atoms with van der Waals surface area (Å²) in [6, 6.07) is 18.0. The molecule has 0 spiro atoms. The minimum Gasteiger partial charge on any atom is -0.422 e. The number of nitrogens with two attached hydrogens (primary N) is 1. The lowest BCUT2D eigenvalue weighted by Crippen LogP contribution is -2.06. The van der Waals surface area contributed by atoms with Gasteiger partial charge in [0, 0.05) is 23.1 Å². The Morgan fingerprint density at radius 3 is 2.62 bits per heavy atom. The van der Waals surface area contributed by atoms with Crippen LogP contribution in [0.15, 0.2) is 69.9 Å². The Hall–Kier alpha value is -4.51. The van der Waals surface area contributed by atoms with E-state index in [1.165, 1.54) is 24.3 Å². The number of nitrogens with zero attached hydrogens (tertiary/aromatic N) is 3. The topological polar surface area (TPSA) is 136 Å². The number of nitriles is 1. The van der Waals surface area contributed by atoms with E-state index in [-0.39, 0.29) is 28.3 Å². The van der Waals surface area contributed by atoms with E-state index in [4.69, 9.17) is 10.2 Å². The Bertz CT molecular complexity index is 1390. The number of hydrogen-bond acceptors (Lipinski definition) is 7. The summed E-state index contributed by atoms with van der Waals surface area (Å²) in [6.45, 7) is 0. The highest BCUT2D eigenvalue weighted by Crippen LogP contribution is 2.32. The molecule has 4 aromatic rings. The van der Waals surface area contributed by atoms with Gasteiger partial charge in [0.25, 0.3) is 5.69 Å². The maximum atomic E-state index is 12.5. The van der Waals surface area contributed by atoms with E-state index in [1.54, 1.807) is 36.4 Å². The number of benzene rings is 2. The van der Waals surface area contributed by atoms with Crippen molar-refractivity contribution in [2.45, 2.75) is 0 Å². The third kappa shape index (κ3) is 3.17. The van der Waals surface area contributed by atoms with Crippen LogP contribution in [0.5, 0.6) is 0 Å². The Balaban J connectivity index is 1.97. The minimum absolute atomic E-state index is 0.0689. The molecule has 140 valence electrons. The number of aromatic nitrogens is 1. The number of fused-ring (bicyclic) bond motifs is 1. The Labute approximate surface area is 163 Å². The molecule has 0 atom stereocenters. The number of anilines is 1. The molecule has 0 unspecified atom stereocenters. The minimum atomic E-state index is -0.606. The first-order valence-electron chi connectivity index (χ1n) is 8.46. The predicted octanol–water partition coefficient (Wildman–Crippen LogP) is 3.88. The third-order valence-electron chi connectivity index (χ3n) is 4.44. The van der Waals surface area contributed by atoms with Crippen molar-refractivity contribution in [3.63, 3.8) is 0 Å². The zero-order chi connectivity index (χ0) is 20.5. The van der Waals surface area contributed by atoms with E-state index in [2.05, 4.69) is 4.98 Å². The third-order valence-corrected chi connectivity index (χ3v) is 4.44. The molecular weight excluding hydrogens is 372 g/mol. The lowest BCUT2D eigenvalue weighted by molar-refractivity contribution is -0.384. The average molecular weight is 384 g/mol. The van der Waals surface area contributed by atoms with Gasteiger partial charge in [0.1, 0.15) is 23.0 Å². The molecule has 2 N–H and O–H groups in total. The van der Waals surface area contributed by atoms with Crippen molar-refractivity contribution >= 4 is 22.5 Å². The zero-order valence-corrected chi connectivity index (χ0v) is 14.8. The van der Waals surface area contributed by atoms with Crippen LogP contribution < -0.4 is 11.4 Å². The first kappa shape index (κ1) is 17.9. The molecule has 8 heteroatoms. The zero-order valence-electron chi connectivity index (χ0n) is 14.8. The summed E-state index contributed by atoms with van der Waals surface area (Å²) < 4.78 is 5.35. The summed E-state index contributed by atoms with van der Waals surface area (Å²) >= 11 is 0. The molecule has 0 saturated heterocycles. The van der Waals surface area contributed by atoms with Gasteiger partial charge in [-0.2, -0.15) is 5.26 Å². The van der Waals surface area contributed by atoms with Crippen molar-refractivity contribution in [2.75, 3.05) is 5.73 Å². The fourth-order valence-electron chi connectivity index (χ4n) is 3.08. The summed E-state index contributed by atoms with van der Waals surface area (Å²) in [5, 5.41) is 21.3. The second-order valence-corrected chi connectivity index (χ2v) is 6.22. The van der Waals surface area contributed by atoms with Crippen molar-refractivity contribution < 1.29 is 9.34 Å². The standard InChI is InChI=1S/C21H12N4O4/c22-11-17-15(12-5-3-6-14(8-12)25(27)28)10-18(24-20(17)23)16-9-13-4-1-2-7-19(13)29-21(16)26/h1-10H,(H2,23,24).